The van der Waals surface area contributed by atoms with E-state index in [9.17, 15) is 19.2 Å². The van der Waals surface area contributed by atoms with Crippen LogP contribution in [-0.2, 0) is 33.3 Å². The fraction of sp³-hybridized carbons (Fsp3) is 0.467. The van der Waals surface area contributed by atoms with E-state index in [4.69, 9.17) is 18.9 Å². The maximum absolute atomic E-state index is 12.2. The van der Waals surface area contributed by atoms with Crippen molar-refractivity contribution in [2.45, 2.75) is 44.5 Å². The molecule has 4 heterocycles. The quantitative estimate of drug-likeness (QED) is 0.509. The topological polar surface area (TPSA) is 152 Å². The highest BCUT2D eigenvalue weighted by Gasteiger charge is 2.61. The maximum Gasteiger partial charge on any atom is 0.350 e. The molecule has 4 rings (SSSR count). The highest BCUT2D eigenvalue weighted by atomic mass is 16.7. The molecule has 142 valence electrons. The Labute approximate surface area is 150 Å². The number of rotatable bonds is 3. The van der Waals surface area contributed by atoms with E-state index in [0.29, 0.717) is 0 Å². The van der Waals surface area contributed by atoms with Crippen LogP contribution in [0.5, 0.6) is 0 Å². The van der Waals surface area contributed by atoms with E-state index in [1.807, 2.05) is 0 Å². The minimum Gasteiger partial charge on any atom is -0.454 e. The third-order valence-electron chi connectivity index (χ3n) is 4.25. The van der Waals surface area contributed by atoms with Crippen LogP contribution in [0.4, 0.5) is 0 Å². The Morgan fingerprint density at radius 1 is 1.15 bits per heavy atom. The molecule has 12 heteroatoms. The van der Waals surface area contributed by atoms with Crippen LogP contribution in [0.1, 0.15) is 20.1 Å². The first-order valence-corrected chi connectivity index (χ1v) is 7.97. The van der Waals surface area contributed by atoms with Crippen LogP contribution in [0.2, 0.25) is 0 Å². The van der Waals surface area contributed by atoms with E-state index in [-0.39, 0.29) is 11.2 Å². The van der Waals surface area contributed by atoms with Crippen LogP contribution < -0.4 is 5.56 Å². The summed E-state index contributed by atoms with van der Waals surface area (Å²) in [5.74, 6) is -2.13. The molecule has 2 aliphatic rings. The van der Waals surface area contributed by atoms with Gasteiger partial charge in [-0.2, -0.15) is 0 Å². The van der Waals surface area contributed by atoms with E-state index in [1.165, 1.54) is 24.1 Å². The number of aromatic nitrogens is 4. The largest absolute Gasteiger partial charge is 0.454 e. The first-order chi connectivity index (χ1) is 12.9. The number of imidazole rings is 1. The second kappa shape index (κ2) is 6.16. The number of nitrogens with zero attached hydrogens (tertiary/aromatic N) is 3. The number of hydrogen-bond acceptors (Lipinski definition) is 10. The summed E-state index contributed by atoms with van der Waals surface area (Å²) >= 11 is 0. The Morgan fingerprint density at radius 2 is 1.89 bits per heavy atom. The van der Waals surface area contributed by atoms with Gasteiger partial charge in [-0.3, -0.25) is 19.0 Å². The van der Waals surface area contributed by atoms with Crippen LogP contribution in [-0.4, -0.2) is 61.8 Å². The zero-order chi connectivity index (χ0) is 19.3. The number of esters is 3. The lowest BCUT2D eigenvalue weighted by Crippen LogP contribution is -2.36. The minimum atomic E-state index is -1.30. The molecular weight excluding hydrogens is 364 g/mol. The summed E-state index contributed by atoms with van der Waals surface area (Å²) < 4.78 is 22.7. The Bertz CT molecular complexity index is 997. The summed E-state index contributed by atoms with van der Waals surface area (Å²) in [6.45, 7) is 2.33. The molecule has 5 atom stereocenters. The number of fused-ring (bicyclic) bond motifs is 2. The van der Waals surface area contributed by atoms with Gasteiger partial charge in [-0.05, 0) is 0 Å². The van der Waals surface area contributed by atoms with Gasteiger partial charge >= 0.3 is 17.9 Å². The molecule has 2 saturated heterocycles. The van der Waals surface area contributed by atoms with Gasteiger partial charge < -0.3 is 23.9 Å². The molecule has 0 spiro atoms. The zero-order valence-electron chi connectivity index (χ0n) is 14.1. The van der Waals surface area contributed by atoms with Gasteiger partial charge in [-0.15, -0.1) is 0 Å². The normalized spacial score (nSPS) is 29.4. The molecule has 27 heavy (non-hydrogen) atoms. The smallest absolute Gasteiger partial charge is 0.350 e. The van der Waals surface area contributed by atoms with Gasteiger partial charge in [0.15, 0.2) is 29.6 Å². The number of nitrogens with one attached hydrogen (secondary N) is 1. The summed E-state index contributed by atoms with van der Waals surface area (Å²) in [6, 6.07) is 0. The van der Waals surface area contributed by atoms with E-state index < -0.39 is 54.1 Å². The molecule has 2 aromatic heterocycles. The van der Waals surface area contributed by atoms with Gasteiger partial charge in [0, 0.05) is 13.8 Å². The molecule has 12 nitrogen and oxygen atoms in total. The van der Waals surface area contributed by atoms with Crippen LogP contribution in [0, 0.1) is 0 Å². The highest BCUT2D eigenvalue weighted by Crippen LogP contribution is 2.40. The fourth-order valence-electron chi connectivity index (χ4n) is 3.29. The third-order valence-corrected chi connectivity index (χ3v) is 4.25. The van der Waals surface area contributed by atoms with Crippen LogP contribution >= 0.6 is 0 Å². The van der Waals surface area contributed by atoms with Gasteiger partial charge in [0.05, 0.1) is 6.33 Å². The van der Waals surface area contributed by atoms with Crippen molar-refractivity contribution < 1.29 is 33.3 Å². The van der Waals surface area contributed by atoms with Crippen molar-refractivity contribution in [2.75, 3.05) is 0 Å². The second-order valence-corrected chi connectivity index (χ2v) is 6.05. The summed E-state index contributed by atoms with van der Waals surface area (Å²) in [7, 11) is 0. The molecule has 1 N–H and O–H groups in total. The monoisotopic (exact) mass is 378 g/mol. The number of aromatic amines is 1. The van der Waals surface area contributed by atoms with Crippen molar-refractivity contribution in [2.24, 2.45) is 0 Å². The van der Waals surface area contributed by atoms with Gasteiger partial charge in [-0.1, -0.05) is 0 Å². The Balaban J connectivity index is 1.76. The van der Waals surface area contributed by atoms with E-state index >= 15 is 0 Å². The van der Waals surface area contributed by atoms with E-state index in [1.54, 1.807) is 0 Å². The number of hydrogen-bond donors (Lipinski definition) is 1. The highest BCUT2D eigenvalue weighted by molar-refractivity contribution is 5.82. The SMILES string of the molecule is CC(=O)O[C@H]1[C@@H]2OC(=O)[C@@H](OC(C)=O)[C@H]2O[C@H]1n1cnc2nc[nH]c(=O)c21. The standard InChI is InChI=1S/C15H14N4O8/c1-5(20)24-10-8-9(11(15(23)27-8)25-6(2)21)26-14(10)19-4-18-12-7(19)13(22)17-3-16-12/h3-4,8-11,14H,1-2H3,(H,16,17,22)/t8-,9+,10+,11+,14-/m1/s1. The Hall–Kier alpha value is -3.28. The number of carbonyl (C=O) groups excluding carboxylic acids is 3. The molecule has 0 radical (unpaired) electrons. The van der Waals surface area contributed by atoms with Crippen molar-refractivity contribution >= 4 is 29.1 Å². The zero-order valence-corrected chi connectivity index (χ0v) is 14.1. The predicted molar refractivity (Wildman–Crippen MR) is 83.0 cm³/mol. The first-order valence-electron chi connectivity index (χ1n) is 7.97. The maximum atomic E-state index is 12.2. The second-order valence-electron chi connectivity index (χ2n) is 6.05. The average molecular weight is 378 g/mol. The molecule has 0 bridgehead atoms. The summed E-state index contributed by atoms with van der Waals surface area (Å²) in [5.41, 5.74) is -0.224. The van der Waals surface area contributed by atoms with Gasteiger partial charge in [0.2, 0.25) is 6.10 Å². The Kier molecular flexibility index (Phi) is 3.91. The van der Waals surface area contributed by atoms with Gasteiger partial charge in [0.1, 0.15) is 12.4 Å². The van der Waals surface area contributed by atoms with Crippen LogP contribution in [0.15, 0.2) is 17.4 Å². The number of carbonyl (C=O) groups is 3. The van der Waals surface area contributed by atoms with Crippen molar-refractivity contribution in [3.63, 3.8) is 0 Å². The number of ether oxygens (including phenoxy) is 4. The van der Waals surface area contributed by atoms with Gasteiger partial charge in [-0.25, -0.2) is 14.8 Å². The molecule has 0 amide bonds. The molecule has 0 aliphatic carbocycles. The molecule has 2 fully saturated rings. The van der Waals surface area contributed by atoms with Gasteiger partial charge in [0.25, 0.3) is 5.56 Å². The number of H-pyrrole nitrogens is 1. The third kappa shape index (κ3) is 2.73. The molecule has 0 unspecified atom stereocenters. The molecule has 2 aromatic rings. The lowest BCUT2D eigenvalue weighted by atomic mass is 10.1. The lowest BCUT2D eigenvalue weighted by Gasteiger charge is -2.22. The molecule has 0 aromatic carbocycles. The minimum absolute atomic E-state index is 0.0926. The first kappa shape index (κ1) is 17.1. The molecule has 0 saturated carbocycles. The van der Waals surface area contributed by atoms with Crippen molar-refractivity contribution in [3.05, 3.63) is 23.0 Å². The summed E-state index contributed by atoms with van der Waals surface area (Å²) in [4.78, 5) is 57.5. The fourth-order valence-corrected chi connectivity index (χ4v) is 3.29. The van der Waals surface area contributed by atoms with Crippen molar-refractivity contribution in [1.29, 1.82) is 0 Å². The van der Waals surface area contributed by atoms with Crippen LogP contribution in [0.25, 0.3) is 11.2 Å². The average Bonchev–Trinajstić information content (AvgIpc) is 3.23. The summed E-state index contributed by atoms with van der Waals surface area (Å²) in [6.07, 6.45) is -2.93. The van der Waals surface area contributed by atoms with Crippen molar-refractivity contribution in [1.82, 2.24) is 19.5 Å². The van der Waals surface area contributed by atoms with E-state index in [2.05, 4.69) is 15.0 Å². The lowest BCUT2D eigenvalue weighted by molar-refractivity contribution is -0.174. The molecular formula is C15H14N4O8. The molecule has 2 aliphatic heterocycles. The van der Waals surface area contributed by atoms with Crippen LogP contribution in [0.3, 0.4) is 0 Å². The van der Waals surface area contributed by atoms with Crippen molar-refractivity contribution in [3.8, 4) is 0 Å². The predicted octanol–water partition coefficient (Wildman–Crippen LogP) is -1.19. The summed E-state index contributed by atoms with van der Waals surface area (Å²) in [5, 5.41) is 0. The van der Waals surface area contributed by atoms with E-state index in [0.717, 1.165) is 6.92 Å². The Morgan fingerprint density at radius 3 is 2.59 bits per heavy atom.